The summed E-state index contributed by atoms with van der Waals surface area (Å²) in [4.78, 5) is 0. The molecule has 0 spiro atoms. The van der Waals surface area contributed by atoms with E-state index in [4.69, 9.17) is 0 Å². The SMILES string of the molecule is Cc1ccc(C(NCC2CCNCC2)C(C)S(C)(=O)=O)cc1. The Hall–Kier alpha value is -0.910. The monoisotopic (exact) mass is 324 g/mol. The molecule has 1 heterocycles. The standard InChI is InChI=1S/C17H28N2O2S/c1-13-4-6-16(7-5-13)17(14(2)22(3,20)21)19-12-15-8-10-18-11-9-15/h4-7,14-15,17-19H,8-12H2,1-3H3. The maximum absolute atomic E-state index is 12.0. The topological polar surface area (TPSA) is 58.2 Å². The summed E-state index contributed by atoms with van der Waals surface area (Å²) in [6.07, 6.45) is 3.63. The highest BCUT2D eigenvalue weighted by Crippen LogP contribution is 2.23. The molecule has 1 aliphatic rings. The molecule has 1 aromatic rings. The van der Waals surface area contributed by atoms with Crippen LogP contribution in [-0.4, -0.2) is 39.6 Å². The zero-order chi connectivity index (χ0) is 16.2. The molecule has 0 amide bonds. The van der Waals surface area contributed by atoms with Crippen LogP contribution in [-0.2, 0) is 9.84 Å². The zero-order valence-electron chi connectivity index (χ0n) is 13.8. The Morgan fingerprint density at radius 2 is 1.82 bits per heavy atom. The molecule has 0 aromatic heterocycles. The summed E-state index contributed by atoms with van der Waals surface area (Å²) in [5.74, 6) is 0.626. The molecule has 1 aromatic carbocycles. The Labute approximate surface area is 134 Å². The third-order valence-corrected chi connectivity index (χ3v) is 6.29. The summed E-state index contributed by atoms with van der Waals surface area (Å²) in [6, 6.07) is 8.02. The summed E-state index contributed by atoms with van der Waals surface area (Å²) in [7, 11) is -3.09. The second-order valence-corrected chi connectivity index (χ2v) is 8.93. The predicted molar refractivity (Wildman–Crippen MR) is 91.8 cm³/mol. The van der Waals surface area contributed by atoms with Gasteiger partial charge in [0.2, 0.25) is 0 Å². The van der Waals surface area contributed by atoms with E-state index in [-0.39, 0.29) is 6.04 Å². The Kier molecular flexibility index (Phi) is 6.01. The van der Waals surface area contributed by atoms with E-state index in [2.05, 4.69) is 10.6 Å². The molecule has 2 unspecified atom stereocenters. The minimum absolute atomic E-state index is 0.148. The van der Waals surface area contributed by atoms with Gasteiger partial charge in [-0.05, 0) is 57.8 Å². The molecular weight excluding hydrogens is 296 g/mol. The fourth-order valence-electron chi connectivity index (χ4n) is 2.96. The first kappa shape index (κ1) is 17.4. The van der Waals surface area contributed by atoms with Crippen LogP contribution < -0.4 is 10.6 Å². The van der Waals surface area contributed by atoms with Gasteiger partial charge in [-0.25, -0.2) is 8.42 Å². The van der Waals surface area contributed by atoms with Crippen LogP contribution >= 0.6 is 0 Å². The first-order valence-electron chi connectivity index (χ1n) is 8.07. The largest absolute Gasteiger partial charge is 0.317 e. The second-order valence-electron chi connectivity index (χ2n) is 6.52. The van der Waals surface area contributed by atoms with Crippen LogP contribution in [0.4, 0.5) is 0 Å². The Balaban J connectivity index is 2.12. The van der Waals surface area contributed by atoms with Gasteiger partial charge in [-0.3, -0.25) is 0 Å². The van der Waals surface area contributed by atoms with Crippen molar-refractivity contribution in [3.05, 3.63) is 35.4 Å². The summed E-state index contributed by atoms with van der Waals surface area (Å²) in [6.45, 7) is 6.84. The molecule has 2 rings (SSSR count). The van der Waals surface area contributed by atoms with E-state index >= 15 is 0 Å². The van der Waals surface area contributed by atoms with Crippen LogP contribution in [0.25, 0.3) is 0 Å². The van der Waals surface area contributed by atoms with Crippen LogP contribution in [0.2, 0.25) is 0 Å². The van der Waals surface area contributed by atoms with Gasteiger partial charge in [0.25, 0.3) is 0 Å². The van der Waals surface area contributed by atoms with Gasteiger partial charge in [0.1, 0.15) is 0 Å². The van der Waals surface area contributed by atoms with Crippen molar-refractivity contribution in [3.63, 3.8) is 0 Å². The smallest absolute Gasteiger partial charge is 0.151 e. The molecule has 0 radical (unpaired) electrons. The van der Waals surface area contributed by atoms with Gasteiger partial charge < -0.3 is 10.6 Å². The average molecular weight is 324 g/mol. The van der Waals surface area contributed by atoms with Gasteiger partial charge in [-0.2, -0.15) is 0 Å². The van der Waals surface area contributed by atoms with Gasteiger partial charge in [0.05, 0.1) is 5.25 Å². The highest BCUT2D eigenvalue weighted by Gasteiger charge is 2.28. The lowest BCUT2D eigenvalue weighted by Crippen LogP contribution is -2.40. The van der Waals surface area contributed by atoms with Crippen LogP contribution in [0.5, 0.6) is 0 Å². The lowest BCUT2D eigenvalue weighted by Gasteiger charge is -2.29. The third-order valence-electron chi connectivity index (χ3n) is 4.67. The van der Waals surface area contributed by atoms with Crippen LogP contribution in [0, 0.1) is 12.8 Å². The molecule has 5 heteroatoms. The average Bonchev–Trinajstić information content (AvgIpc) is 2.49. The van der Waals surface area contributed by atoms with Gasteiger partial charge in [-0.1, -0.05) is 29.8 Å². The number of piperidine rings is 1. The summed E-state index contributed by atoms with van der Waals surface area (Å²) in [5, 5.41) is 6.45. The zero-order valence-corrected chi connectivity index (χ0v) is 14.6. The maximum atomic E-state index is 12.0. The van der Waals surface area contributed by atoms with Crippen LogP contribution in [0.1, 0.15) is 36.9 Å². The van der Waals surface area contributed by atoms with E-state index in [0.717, 1.165) is 38.0 Å². The summed E-state index contributed by atoms with van der Waals surface area (Å²) < 4.78 is 24.0. The van der Waals surface area contributed by atoms with Crippen molar-refractivity contribution >= 4 is 9.84 Å². The van der Waals surface area contributed by atoms with Crippen molar-refractivity contribution in [1.82, 2.24) is 10.6 Å². The van der Waals surface area contributed by atoms with Crippen molar-refractivity contribution in [2.75, 3.05) is 25.9 Å². The van der Waals surface area contributed by atoms with E-state index in [1.54, 1.807) is 6.92 Å². The quantitative estimate of drug-likeness (QED) is 0.841. The number of sulfone groups is 1. The highest BCUT2D eigenvalue weighted by atomic mass is 32.2. The number of hydrogen-bond donors (Lipinski definition) is 2. The van der Waals surface area contributed by atoms with Crippen molar-refractivity contribution in [2.45, 2.75) is 38.0 Å². The number of benzene rings is 1. The van der Waals surface area contributed by atoms with Crippen LogP contribution in [0.3, 0.4) is 0 Å². The molecule has 22 heavy (non-hydrogen) atoms. The van der Waals surface area contributed by atoms with Gasteiger partial charge in [-0.15, -0.1) is 0 Å². The third kappa shape index (κ3) is 4.80. The number of hydrogen-bond acceptors (Lipinski definition) is 4. The van der Waals surface area contributed by atoms with Gasteiger partial charge in [0, 0.05) is 12.3 Å². The lowest BCUT2D eigenvalue weighted by molar-refractivity contribution is 0.338. The Morgan fingerprint density at radius 3 is 2.36 bits per heavy atom. The predicted octanol–water partition coefficient (Wildman–Crippen LogP) is 2.06. The summed E-state index contributed by atoms with van der Waals surface area (Å²) >= 11 is 0. The Morgan fingerprint density at radius 1 is 1.23 bits per heavy atom. The fourth-order valence-corrected chi connectivity index (χ4v) is 3.70. The second kappa shape index (κ2) is 7.57. The van der Waals surface area contributed by atoms with Gasteiger partial charge >= 0.3 is 0 Å². The highest BCUT2D eigenvalue weighted by molar-refractivity contribution is 7.91. The molecular formula is C17H28N2O2S. The molecule has 0 bridgehead atoms. The van der Waals surface area contributed by atoms with Crippen LogP contribution in [0.15, 0.2) is 24.3 Å². The minimum Gasteiger partial charge on any atom is -0.317 e. The lowest BCUT2D eigenvalue weighted by atomic mass is 9.96. The molecule has 2 N–H and O–H groups in total. The molecule has 2 atom stereocenters. The Bertz CT molecular complexity index is 563. The fraction of sp³-hybridized carbons (Fsp3) is 0.647. The van der Waals surface area contributed by atoms with E-state index in [9.17, 15) is 8.42 Å². The number of rotatable bonds is 6. The minimum atomic E-state index is -3.09. The first-order chi connectivity index (χ1) is 10.4. The number of nitrogens with one attached hydrogen (secondary N) is 2. The molecule has 0 aliphatic carbocycles. The van der Waals surface area contributed by atoms with Crippen molar-refractivity contribution in [2.24, 2.45) is 5.92 Å². The molecule has 1 aliphatic heterocycles. The molecule has 1 fully saturated rings. The van der Waals surface area contributed by atoms with E-state index in [1.807, 2.05) is 31.2 Å². The van der Waals surface area contributed by atoms with Crippen molar-refractivity contribution in [1.29, 1.82) is 0 Å². The van der Waals surface area contributed by atoms with E-state index in [1.165, 1.54) is 11.8 Å². The molecule has 124 valence electrons. The van der Waals surface area contributed by atoms with Gasteiger partial charge in [0.15, 0.2) is 9.84 Å². The molecule has 4 nitrogen and oxygen atoms in total. The molecule has 1 saturated heterocycles. The normalized spacial score (nSPS) is 19.8. The maximum Gasteiger partial charge on any atom is 0.151 e. The first-order valence-corrected chi connectivity index (χ1v) is 10.0. The summed E-state index contributed by atoms with van der Waals surface area (Å²) in [5.41, 5.74) is 2.24. The van der Waals surface area contributed by atoms with Crippen molar-refractivity contribution in [3.8, 4) is 0 Å². The van der Waals surface area contributed by atoms with E-state index < -0.39 is 15.1 Å². The van der Waals surface area contributed by atoms with Crippen molar-refractivity contribution < 1.29 is 8.42 Å². The number of aryl methyl sites for hydroxylation is 1. The van der Waals surface area contributed by atoms with E-state index in [0.29, 0.717) is 5.92 Å². The molecule has 0 saturated carbocycles.